The maximum atomic E-state index is 9.18. The van der Waals surface area contributed by atoms with Crippen molar-refractivity contribution in [1.29, 1.82) is 0 Å². The molecule has 0 unspecified atom stereocenters. The quantitative estimate of drug-likeness (QED) is 0.0200. The van der Waals surface area contributed by atoms with Gasteiger partial charge in [-0.15, -0.1) is 35.3 Å². The van der Waals surface area contributed by atoms with Gasteiger partial charge in [0.2, 0.25) is 0 Å². The fourth-order valence-corrected chi connectivity index (χ4v) is 7.99. The summed E-state index contributed by atoms with van der Waals surface area (Å²) in [6, 6.07) is 0. The zero-order valence-corrected chi connectivity index (χ0v) is 43.6. The molecule has 0 saturated heterocycles. The van der Waals surface area contributed by atoms with E-state index in [9.17, 15) is 4.79 Å². The second-order valence-corrected chi connectivity index (χ2v) is 22.2. The summed E-state index contributed by atoms with van der Waals surface area (Å²) >= 11 is 18.3. The van der Waals surface area contributed by atoms with Gasteiger partial charge in [0.15, 0.2) is 0 Å². The van der Waals surface area contributed by atoms with Gasteiger partial charge >= 0.3 is 34.5 Å². The summed E-state index contributed by atoms with van der Waals surface area (Å²) in [6.07, 6.45) is 7.28. The van der Waals surface area contributed by atoms with E-state index < -0.39 is 15.1 Å². The Labute approximate surface area is 397 Å². The van der Waals surface area contributed by atoms with E-state index in [4.69, 9.17) is 57.3 Å². The van der Waals surface area contributed by atoms with Gasteiger partial charge in [-0.3, -0.25) is 4.79 Å². The van der Waals surface area contributed by atoms with Crippen molar-refractivity contribution in [2.75, 3.05) is 177 Å². The summed E-state index contributed by atoms with van der Waals surface area (Å²) < 4.78 is 48.6. The number of ether oxygens (including phenoxy) is 9. The molecule has 344 valence electrons. The van der Waals surface area contributed by atoms with Crippen LogP contribution in [-0.4, -0.2) is 187 Å². The standard InChI is InChI=1S/C22H46O6S6.C7H16O2S2.C3H6O2.3CH4.2ClH.Zn/c1-29-16-10-23-4-7-26-13-19-32-22(33-20-14-27-8-5-24-11-17-30-2)34-21-15-28-9-6-25-12-18-31-3;10-6-1-2-8-3-4-9-5-7-11;1-2-5-3-4;;;;;;/h22H,4-21H2,1-3H3;10-11H,1-7H2;3H,2H2,1H3;3*1H4;2*1H;/q;;;;;;;;+2/p-2. The predicted molar refractivity (Wildman–Crippen MR) is 265 cm³/mol. The summed E-state index contributed by atoms with van der Waals surface area (Å²) in [6.45, 7) is 14.2. The molecule has 0 heterocycles. The van der Waals surface area contributed by atoms with E-state index in [0.29, 0.717) is 76.5 Å². The molecule has 0 radical (unpaired) electrons. The molecule has 0 fully saturated rings. The van der Waals surface area contributed by atoms with Crippen molar-refractivity contribution in [3.63, 3.8) is 0 Å². The zero-order valence-electron chi connectivity index (χ0n) is 32.4. The first-order chi connectivity index (χ1) is 26.1. The van der Waals surface area contributed by atoms with Crippen LogP contribution in [0.2, 0.25) is 0 Å². The molecule has 56 heavy (non-hydrogen) atoms. The van der Waals surface area contributed by atoms with E-state index in [-0.39, 0.29) is 22.3 Å². The molecule has 0 aliphatic carbocycles. The first kappa shape index (κ1) is 73.5. The molecule has 0 aromatic carbocycles. The van der Waals surface area contributed by atoms with Crippen LogP contribution in [0.25, 0.3) is 0 Å². The molecule has 0 spiro atoms. The van der Waals surface area contributed by atoms with Gasteiger partial charge in [-0.05, 0) is 37.9 Å². The Bertz CT molecular complexity index is 560. The molecule has 0 N–H and O–H groups in total. The Morgan fingerprint density at radius 3 is 1.02 bits per heavy atom. The van der Waals surface area contributed by atoms with Crippen molar-refractivity contribution < 1.29 is 62.6 Å². The fourth-order valence-electron chi connectivity index (χ4n) is 2.77. The third-order valence-electron chi connectivity index (χ3n) is 5.15. The van der Waals surface area contributed by atoms with Crippen LogP contribution in [0.5, 0.6) is 0 Å². The summed E-state index contributed by atoms with van der Waals surface area (Å²) in [4.78, 5) is 9.18. The molecule has 0 aromatic heterocycles. The van der Waals surface area contributed by atoms with E-state index in [1.54, 1.807) is 42.2 Å². The summed E-state index contributed by atoms with van der Waals surface area (Å²) in [7, 11) is 9.90. The summed E-state index contributed by atoms with van der Waals surface area (Å²) in [5.41, 5.74) is 0. The van der Waals surface area contributed by atoms with E-state index in [1.165, 1.54) is 0 Å². The normalized spacial score (nSPS) is 9.88. The van der Waals surface area contributed by atoms with Crippen LogP contribution in [0, 0.1) is 0 Å². The third kappa shape index (κ3) is 84.6. The van der Waals surface area contributed by atoms with Gasteiger partial charge in [-0.1, -0.05) is 22.3 Å². The van der Waals surface area contributed by atoms with Crippen LogP contribution in [0.1, 0.15) is 35.6 Å². The number of halogens is 2. The van der Waals surface area contributed by atoms with Gasteiger partial charge in [0.1, 0.15) is 0 Å². The van der Waals surface area contributed by atoms with E-state index >= 15 is 0 Å². The van der Waals surface area contributed by atoms with E-state index in [2.05, 4.69) is 48.8 Å². The molecule has 0 bridgehead atoms. The van der Waals surface area contributed by atoms with Crippen molar-refractivity contribution in [3.8, 4) is 0 Å². The number of hydrogen-bond donors (Lipinski definition) is 2. The van der Waals surface area contributed by atoms with Gasteiger partial charge in [0.25, 0.3) is 6.47 Å². The molecule has 0 saturated carbocycles. The number of rotatable bonds is 40. The van der Waals surface area contributed by atoms with Crippen LogP contribution in [0.3, 0.4) is 0 Å². The van der Waals surface area contributed by atoms with Crippen molar-refractivity contribution in [3.05, 3.63) is 0 Å². The van der Waals surface area contributed by atoms with Crippen LogP contribution in [0.4, 0.5) is 0 Å². The first-order valence-electron chi connectivity index (χ1n) is 17.4. The molecule has 0 amide bonds. The van der Waals surface area contributed by atoms with E-state index in [0.717, 1.165) is 98.7 Å². The van der Waals surface area contributed by atoms with Crippen molar-refractivity contribution in [2.24, 2.45) is 0 Å². The van der Waals surface area contributed by atoms with Crippen LogP contribution in [-0.2, 0) is 62.6 Å². The van der Waals surface area contributed by atoms with Crippen LogP contribution >= 0.6 is 115 Å². The molecule has 0 atom stereocenters. The summed E-state index contributed by atoms with van der Waals surface area (Å²) in [5.74, 6) is 7.70. The molecule has 0 aromatic rings. The summed E-state index contributed by atoms with van der Waals surface area (Å²) in [5, 5.41) is 0. The number of carbonyl (C=O) groups is 1. The second kappa shape index (κ2) is 78.6. The minimum atomic E-state index is -0.931. The number of carbonyl (C=O) groups excluding carboxylic acids is 1. The molecule has 10 nitrogen and oxygen atoms in total. The van der Waals surface area contributed by atoms with Gasteiger partial charge in [-0.25, -0.2) is 0 Å². The monoisotopic (exact) mass is 1050 g/mol. The molecule has 0 aliphatic rings. The Hall–Kier alpha value is 3.15. The zero-order chi connectivity index (χ0) is 40.0. The van der Waals surface area contributed by atoms with Crippen LogP contribution < -0.4 is 0 Å². The van der Waals surface area contributed by atoms with Crippen molar-refractivity contribution in [1.82, 2.24) is 0 Å². The minimum absolute atomic E-state index is 0. The number of thiol groups is 2. The predicted octanol–water partition coefficient (Wildman–Crippen LogP) is 9.39. The van der Waals surface area contributed by atoms with E-state index in [1.807, 2.05) is 35.3 Å². The number of hydrogen-bond acceptors (Lipinski definition) is 18. The Balaban J connectivity index is -0.000000180. The van der Waals surface area contributed by atoms with Gasteiger partial charge < -0.3 is 42.6 Å². The van der Waals surface area contributed by atoms with Gasteiger partial charge in [-0.2, -0.15) is 60.5 Å². The SMILES string of the molecule is C.C.C.CCOC=O.CSCCOCCOCCSC(SCCOCCOCCSC)SCCOCCOCCSC.SCCCOCCOCCS.[Cl][Zn][Cl]. The molecular formula is C35H80Cl2O10S8Zn. The Kier molecular flexibility index (Phi) is 103. The maximum absolute atomic E-state index is 9.18. The topological polar surface area (TPSA) is 100 Å². The van der Waals surface area contributed by atoms with Gasteiger partial charge in [0, 0.05) is 46.9 Å². The fraction of sp³-hybridized carbons (Fsp3) is 0.971. The van der Waals surface area contributed by atoms with Crippen LogP contribution in [0.15, 0.2) is 0 Å². The Morgan fingerprint density at radius 2 is 0.786 bits per heavy atom. The second-order valence-electron chi connectivity index (χ2n) is 9.23. The Morgan fingerprint density at radius 1 is 0.500 bits per heavy atom. The van der Waals surface area contributed by atoms with Crippen molar-refractivity contribution >= 4 is 122 Å². The molecular weight excluding hydrogens is 973 g/mol. The van der Waals surface area contributed by atoms with Crippen molar-refractivity contribution in [2.45, 2.75) is 39.5 Å². The molecule has 0 aliphatic heterocycles. The number of thioether (sulfide) groups is 6. The molecule has 0 rings (SSSR count). The van der Waals surface area contributed by atoms with Gasteiger partial charge in [0.05, 0.1) is 110 Å². The third-order valence-corrected chi connectivity index (χ3v) is 11.8. The average Bonchev–Trinajstić information content (AvgIpc) is 3.16. The first-order valence-corrected chi connectivity index (χ1v) is 33.8. The average molecular weight is 1050 g/mol. The molecule has 21 heteroatoms.